The summed E-state index contributed by atoms with van der Waals surface area (Å²) in [5, 5.41) is 7.32. The minimum atomic E-state index is 0.891. The molecule has 3 aromatic heterocycles. The number of fused-ring (bicyclic) bond motifs is 12. The Bertz CT molecular complexity index is 3560. The van der Waals surface area contributed by atoms with E-state index in [-0.39, 0.29) is 0 Å². The molecule has 0 spiro atoms. The first-order chi connectivity index (χ1) is 28.8. The molecule has 13 rings (SSSR count). The largest absolute Gasteiger partial charge is 0.455 e. The van der Waals surface area contributed by atoms with Crippen molar-refractivity contribution in [2.24, 2.45) is 0 Å². The van der Waals surface area contributed by atoms with Gasteiger partial charge in [0.2, 0.25) is 0 Å². The van der Waals surface area contributed by atoms with Gasteiger partial charge in [0.25, 0.3) is 0 Å². The van der Waals surface area contributed by atoms with Gasteiger partial charge >= 0.3 is 0 Å². The second kappa shape index (κ2) is 11.9. The summed E-state index contributed by atoms with van der Waals surface area (Å²) in [6.45, 7) is 0. The zero-order valence-electron chi connectivity index (χ0n) is 31.5. The third kappa shape index (κ3) is 4.44. The smallest absolute Gasteiger partial charge is 0.143 e. The maximum Gasteiger partial charge on any atom is 0.143 e. The second-order valence-electron chi connectivity index (χ2n) is 15.6. The predicted molar refractivity (Wildman–Crippen MR) is 242 cm³/mol. The molecule has 1 aliphatic carbocycles. The number of hydrogen-bond acceptors (Lipinski definition) is 1. The average molecular weight is 739 g/mol. The van der Waals surface area contributed by atoms with Gasteiger partial charge in [-0.05, 0) is 106 Å². The van der Waals surface area contributed by atoms with Crippen LogP contribution in [0.5, 0.6) is 0 Å². The first kappa shape index (κ1) is 31.6. The highest BCUT2D eigenvalue weighted by Gasteiger charge is 2.24. The molecule has 0 amide bonds. The molecule has 3 heterocycles. The van der Waals surface area contributed by atoms with Crippen molar-refractivity contribution < 1.29 is 4.42 Å². The Morgan fingerprint density at radius 3 is 1.50 bits per heavy atom. The quantitative estimate of drug-likeness (QED) is 0.176. The van der Waals surface area contributed by atoms with Gasteiger partial charge in [-0.25, -0.2) is 0 Å². The molecular weight excluding hydrogens is 705 g/mol. The fourth-order valence-corrected chi connectivity index (χ4v) is 10.0. The molecular formula is C55H34N2O. The molecule has 0 unspecified atom stereocenters. The van der Waals surface area contributed by atoms with Gasteiger partial charge in [0.1, 0.15) is 11.2 Å². The number of para-hydroxylation sites is 5. The second-order valence-corrected chi connectivity index (χ2v) is 15.6. The van der Waals surface area contributed by atoms with Crippen molar-refractivity contribution in [2.75, 3.05) is 0 Å². The Labute approximate surface area is 334 Å². The van der Waals surface area contributed by atoms with Crippen LogP contribution < -0.4 is 0 Å². The van der Waals surface area contributed by atoms with Crippen molar-refractivity contribution in [3.8, 4) is 44.8 Å². The van der Waals surface area contributed by atoms with Gasteiger partial charge < -0.3 is 13.6 Å². The summed E-state index contributed by atoms with van der Waals surface area (Å²) in [6.07, 6.45) is 0.909. The first-order valence-electron chi connectivity index (χ1n) is 20.1. The standard InChI is InChI=1S/C55H34N2O/c1-5-22-50-42(14-1)43-15-2-6-23-51(43)56(50)37-27-26-36-31-48-39(18-10-20-41(48)47(36)32-37)34-12-9-13-35(30-34)40-19-11-21-46-49-33-38(28-29-54(49)58-55(40)46)57-52-24-7-3-16-44(52)45-17-4-8-25-53(45)57/h1-30,32-33H,31H2. The molecule has 9 aromatic carbocycles. The lowest BCUT2D eigenvalue weighted by atomic mass is 9.93. The monoisotopic (exact) mass is 738 g/mol. The van der Waals surface area contributed by atoms with Crippen molar-refractivity contribution in [3.63, 3.8) is 0 Å². The Morgan fingerprint density at radius 2 is 0.845 bits per heavy atom. The number of hydrogen-bond donors (Lipinski definition) is 0. The number of furan rings is 1. The van der Waals surface area contributed by atoms with Gasteiger partial charge in [-0.1, -0.05) is 133 Å². The van der Waals surface area contributed by atoms with E-state index in [2.05, 4.69) is 203 Å². The minimum Gasteiger partial charge on any atom is -0.455 e. The van der Waals surface area contributed by atoms with Crippen LogP contribution in [-0.4, -0.2) is 9.13 Å². The molecule has 0 saturated heterocycles. The summed E-state index contributed by atoms with van der Waals surface area (Å²) in [5.74, 6) is 0. The summed E-state index contributed by atoms with van der Waals surface area (Å²) in [4.78, 5) is 0. The summed E-state index contributed by atoms with van der Waals surface area (Å²) in [6, 6.07) is 70.8. The predicted octanol–water partition coefficient (Wildman–Crippen LogP) is 14.7. The Balaban J connectivity index is 0.906. The number of aromatic nitrogens is 2. The Morgan fingerprint density at radius 1 is 0.345 bits per heavy atom. The number of rotatable bonds is 4. The normalized spacial score (nSPS) is 12.4. The number of benzene rings is 9. The van der Waals surface area contributed by atoms with E-state index >= 15 is 0 Å². The molecule has 0 fully saturated rings. The topological polar surface area (TPSA) is 23.0 Å². The average Bonchev–Trinajstić information content (AvgIpc) is 4.04. The van der Waals surface area contributed by atoms with Crippen molar-refractivity contribution in [3.05, 3.63) is 205 Å². The lowest BCUT2D eigenvalue weighted by Crippen LogP contribution is -1.94. The molecule has 0 N–H and O–H groups in total. The summed E-state index contributed by atoms with van der Waals surface area (Å²) >= 11 is 0. The van der Waals surface area contributed by atoms with Crippen LogP contribution in [0.4, 0.5) is 0 Å². The van der Waals surface area contributed by atoms with E-state index in [4.69, 9.17) is 4.42 Å². The zero-order chi connectivity index (χ0) is 37.9. The fourth-order valence-electron chi connectivity index (χ4n) is 10.0. The molecule has 270 valence electrons. The maximum atomic E-state index is 6.73. The van der Waals surface area contributed by atoms with Crippen molar-refractivity contribution in [1.82, 2.24) is 9.13 Å². The molecule has 0 saturated carbocycles. The SMILES string of the molecule is c1cc(-c2cccc3c2Cc2ccc(-n4c5ccccc5c5ccccc54)cc2-3)cc(-c2cccc3c2oc2ccc(-n4c5ccccc5c5ccccc54)cc23)c1. The molecule has 3 heteroatoms. The molecule has 0 atom stereocenters. The zero-order valence-corrected chi connectivity index (χ0v) is 31.5. The Hall–Kier alpha value is -7.62. The van der Waals surface area contributed by atoms with Crippen LogP contribution in [0.3, 0.4) is 0 Å². The van der Waals surface area contributed by atoms with Gasteiger partial charge in [0.15, 0.2) is 0 Å². The van der Waals surface area contributed by atoms with Crippen LogP contribution in [0, 0.1) is 0 Å². The lowest BCUT2D eigenvalue weighted by Gasteiger charge is -2.12. The minimum absolute atomic E-state index is 0.891. The Kier molecular flexibility index (Phi) is 6.50. The van der Waals surface area contributed by atoms with E-state index in [0.29, 0.717) is 0 Å². The molecule has 58 heavy (non-hydrogen) atoms. The summed E-state index contributed by atoms with van der Waals surface area (Å²) < 4.78 is 11.5. The van der Waals surface area contributed by atoms with E-state index in [0.717, 1.165) is 45.2 Å². The maximum absolute atomic E-state index is 6.73. The molecule has 12 aromatic rings. The van der Waals surface area contributed by atoms with E-state index in [1.807, 2.05) is 0 Å². The molecule has 0 bridgehead atoms. The molecule has 0 aliphatic heterocycles. The van der Waals surface area contributed by atoms with Crippen LogP contribution in [-0.2, 0) is 6.42 Å². The van der Waals surface area contributed by atoms with Gasteiger partial charge in [-0.3, -0.25) is 0 Å². The van der Waals surface area contributed by atoms with Crippen molar-refractivity contribution in [1.29, 1.82) is 0 Å². The highest BCUT2D eigenvalue weighted by Crippen LogP contribution is 2.45. The third-order valence-electron chi connectivity index (χ3n) is 12.6. The van der Waals surface area contributed by atoms with Crippen molar-refractivity contribution >= 4 is 65.6 Å². The summed E-state index contributed by atoms with van der Waals surface area (Å²) in [7, 11) is 0. The van der Waals surface area contributed by atoms with Crippen LogP contribution in [0.15, 0.2) is 199 Å². The highest BCUT2D eigenvalue weighted by atomic mass is 16.3. The van der Waals surface area contributed by atoms with Gasteiger partial charge in [0, 0.05) is 49.3 Å². The van der Waals surface area contributed by atoms with Gasteiger partial charge in [0.05, 0.1) is 22.1 Å². The lowest BCUT2D eigenvalue weighted by molar-refractivity contribution is 0.670. The molecule has 3 nitrogen and oxygen atoms in total. The van der Waals surface area contributed by atoms with E-state index in [1.165, 1.54) is 82.7 Å². The van der Waals surface area contributed by atoms with Crippen LogP contribution in [0.25, 0.3) is 110 Å². The van der Waals surface area contributed by atoms with E-state index in [9.17, 15) is 0 Å². The molecule has 1 aliphatic rings. The third-order valence-corrected chi connectivity index (χ3v) is 12.6. The van der Waals surface area contributed by atoms with Crippen LogP contribution >= 0.6 is 0 Å². The highest BCUT2D eigenvalue weighted by molar-refractivity contribution is 6.13. The van der Waals surface area contributed by atoms with E-state index < -0.39 is 0 Å². The number of nitrogens with zero attached hydrogens (tertiary/aromatic N) is 2. The summed E-state index contributed by atoms with van der Waals surface area (Å²) in [5.41, 5.74) is 19.1. The first-order valence-corrected chi connectivity index (χ1v) is 20.1. The van der Waals surface area contributed by atoms with Gasteiger partial charge in [-0.15, -0.1) is 0 Å². The van der Waals surface area contributed by atoms with Crippen LogP contribution in [0.1, 0.15) is 11.1 Å². The van der Waals surface area contributed by atoms with Crippen LogP contribution in [0.2, 0.25) is 0 Å². The fraction of sp³-hybridized carbons (Fsp3) is 0.0182. The van der Waals surface area contributed by atoms with Crippen molar-refractivity contribution in [2.45, 2.75) is 6.42 Å². The molecule has 0 radical (unpaired) electrons. The van der Waals surface area contributed by atoms with Gasteiger partial charge in [-0.2, -0.15) is 0 Å². The van der Waals surface area contributed by atoms with E-state index in [1.54, 1.807) is 0 Å².